The highest BCUT2D eigenvalue weighted by molar-refractivity contribution is 7.09. The maximum atomic E-state index is 11.6. The van der Waals surface area contributed by atoms with Gasteiger partial charge in [0, 0.05) is 43.4 Å². The molecule has 0 aliphatic carbocycles. The lowest BCUT2D eigenvalue weighted by Gasteiger charge is -2.03. The monoisotopic (exact) mass is 261 g/mol. The Bertz CT molecular complexity index is 470. The normalized spacial score (nSPS) is 10.2. The fourth-order valence-electron chi connectivity index (χ4n) is 1.58. The Morgan fingerprint density at radius 3 is 3.00 bits per heavy atom. The zero-order chi connectivity index (χ0) is 12.6. The highest BCUT2D eigenvalue weighted by Crippen LogP contribution is 2.04. The summed E-state index contributed by atoms with van der Waals surface area (Å²) in [6.45, 7) is 0.652. The van der Waals surface area contributed by atoms with E-state index in [-0.39, 0.29) is 5.91 Å². The Morgan fingerprint density at radius 2 is 2.28 bits per heavy atom. The highest BCUT2D eigenvalue weighted by atomic mass is 32.1. The van der Waals surface area contributed by atoms with Gasteiger partial charge < -0.3 is 5.32 Å². The van der Waals surface area contributed by atoms with E-state index in [0.717, 1.165) is 23.4 Å². The van der Waals surface area contributed by atoms with E-state index in [2.05, 4.69) is 15.3 Å². The van der Waals surface area contributed by atoms with Gasteiger partial charge >= 0.3 is 0 Å². The average Bonchev–Trinajstić information content (AvgIpc) is 2.91. The van der Waals surface area contributed by atoms with Gasteiger partial charge in [-0.2, -0.15) is 0 Å². The van der Waals surface area contributed by atoms with Crippen molar-refractivity contribution in [3.8, 4) is 0 Å². The zero-order valence-corrected chi connectivity index (χ0v) is 10.8. The summed E-state index contributed by atoms with van der Waals surface area (Å²) in [5.74, 6) is 0.0791. The molecule has 0 bridgehead atoms. The number of hydrogen-bond acceptors (Lipinski definition) is 4. The number of pyridine rings is 1. The van der Waals surface area contributed by atoms with Crippen LogP contribution in [0.1, 0.15) is 17.0 Å². The van der Waals surface area contributed by atoms with E-state index in [0.29, 0.717) is 13.0 Å². The van der Waals surface area contributed by atoms with Crippen molar-refractivity contribution >= 4 is 17.2 Å². The Hall–Kier alpha value is -1.75. The molecule has 1 amide bonds. The smallest absolute Gasteiger partial charge is 0.220 e. The van der Waals surface area contributed by atoms with Gasteiger partial charge in [-0.1, -0.05) is 6.07 Å². The van der Waals surface area contributed by atoms with Gasteiger partial charge in [-0.25, -0.2) is 4.98 Å². The van der Waals surface area contributed by atoms with Crippen molar-refractivity contribution in [1.29, 1.82) is 0 Å². The minimum atomic E-state index is 0.0791. The van der Waals surface area contributed by atoms with Crippen molar-refractivity contribution in [1.82, 2.24) is 15.3 Å². The van der Waals surface area contributed by atoms with E-state index >= 15 is 0 Å². The van der Waals surface area contributed by atoms with Gasteiger partial charge in [0.15, 0.2) is 0 Å². The van der Waals surface area contributed by atoms with Crippen LogP contribution in [0.2, 0.25) is 0 Å². The molecule has 0 unspecified atom stereocenters. The van der Waals surface area contributed by atoms with Crippen LogP contribution in [-0.4, -0.2) is 22.4 Å². The number of thiazole rings is 1. The first-order chi connectivity index (χ1) is 8.84. The van der Waals surface area contributed by atoms with Gasteiger partial charge in [-0.3, -0.25) is 9.78 Å². The molecule has 0 aromatic carbocycles. The van der Waals surface area contributed by atoms with Crippen LogP contribution in [0.25, 0.3) is 0 Å². The topological polar surface area (TPSA) is 54.9 Å². The average molecular weight is 261 g/mol. The molecule has 5 heteroatoms. The van der Waals surface area contributed by atoms with Crippen molar-refractivity contribution in [3.05, 3.63) is 46.7 Å². The van der Waals surface area contributed by atoms with Gasteiger partial charge in [0.2, 0.25) is 5.91 Å². The lowest BCUT2D eigenvalue weighted by atomic mass is 10.1. The maximum Gasteiger partial charge on any atom is 0.220 e. The number of nitrogens with one attached hydrogen (secondary N) is 1. The van der Waals surface area contributed by atoms with Crippen LogP contribution >= 0.6 is 11.3 Å². The highest BCUT2D eigenvalue weighted by Gasteiger charge is 2.02. The molecule has 0 saturated heterocycles. The molecule has 0 aliphatic heterocycles. The van der Waals surface area contributed by atoms with E-state index in [1.807, 2.05) is 17.5 Å². The van der Waals surface area contributed by atoms with E-state index in [9.17, 15) is 4.79 Å². The summed E-state index contributed by atoms with van der Waals surface area (Å²) >= 11 is 1.61. The molecule has 0 radical (unpaired) electrons. The van der Waals surface area contributed by atoms with Gasteiger partial charge in [-0.05, 0) is 18.1 Å². The maximum absolute atomic E-state index is 11.6. The standard InChI is InChI=1S/C13H15N3OS/c17-12(4-3-11-2-1-6-14-10-11)15-7-5-13-16-8-9-18-13/h1-2,6,8-10H,3-5,7H2,(H,15,17). The lowest BCUT2D eigenvalue weighted by molar-refractivity contribution is -0.121. The number of carbonyl (C=O) groups is 1. The summed E-state index contributed by atoms with van der Waals surface area (Å²) < 4.78 is 0. The molecule has 0 spiro atoms. The van der Waals surface area contributed by atoms with E-state index in [4.69, 9.17) is 0 Å². The van der Waals surface area contributed by atoms with Crippen LogP contribution < -0.4 is 5.32 Å². The van der Waals surface area contributed by atoms with Crippen LogP contribution in [-0.2, 0) is 17.6 Å². The van der Waals surface area contributed by atoms with Crippen molar-refractivity contribution < 1.29 is 4.79 Å². The summed E-state index contributed by atoms with van der Waals surface area (Å²) in [5.41, 5.74) is 1.09. The molecule has 0 saturated carbocycles. The summed E-state index contributed by atoms with van der Waals surface area (Å²) in [4.78, 5) is 19.8. The third-order valence-corrected chi connectivity index (χ3v) is 3.35. The van der Waals surface area contributed by atoms with Gasteiger partial charge in [-0.15, -0.1) is 11.3 Å². The Morgan fingerprint density at radius 1 is 1.33 bits per heavy atom. The molecule has 18 heavy (non-hydrogen) atoms. The number of nitrogens with zero attached hydrogens (tertiary/aromatic N) is 2. The fraction of sp³-hybridized carbons (Fsp3) is 0.308. The first-order valence-electron chi connectivity index (χ1n) is 5.88. The lowest BCUT2D eigenvalue weighted by Crippen LogP contribution is -2.25. The first kappa shape index (κ1) is 12.7. The second kappa shape index (κ2) is 6.86. The van der Waals surface area contributed by atoms with Gasteiger partial charge in [0.1, 0.15) is 0 Å². The molecule has 4 nitrogen and oxygen atoms in total. The van der Waals surface area contributed by atoms with Crippen molar-refractivity contribution in [3.63, 3.8) is 0 Å². The molecule has 2 aromatic rings. The molecule has 1 N–H and O–H groups in total. The third kappa shape index (κ3) is 4.25. The van der Waals surface area contributed by atoms with Gasteiger partial charge in [0.25, 0.3) is 0 Å². The number of hydrogen-bond donors (Lipinski definition) is 1. The van der Waals surface area contributed by atoms with Crippen LogP contribution in [0.3, 0.4) is 0 Å². The van der Waals surface area contributed by atoms with E-state index in [1.165, 1.54) is 0 Å². The van der Waals surface area contributed by atoms with Crippen LogP contribution in [0.15, 0.2) is 36.1 Å². The SMILES string of the molecule is O=C(CCc1cccnc1)NCCc1nccs1. The van der Waals surface area contributed by atoms with Crippen LogP contribution in [0.5, 0.6) is 0 Å². The fourth-order valence-corrected chi connectivity index (χ4v) is 2.20. The summed E-state index contributed by atoms with van der Waals surface area (Å²) in [6.07, 6.45) is 7.35. The molecule has 0 fully saturated rings. The Kier molecular flexibility index (Phi) is 4.84. The van der Waals surface area contributed by atoms with E-state index in [1.54, 1.807) is 29.9 Å². The molecular weight excluding hydrogens is 246 g/mol. The number of aromatic nitrogens is 2. The van der Waals surface area contributed by atoms with Crippen LogP contribution in [0.4, 0.5) is 0 Å². The minimum absolute atomic E-state index is 0.0791. The molecule has 2 rings (SSSR count). The second-order valence-electron chi connectivity index (χ2n) is 3.89. The molecule has 2 heterocycles. The zero-order valence-electron chi connectivity index (χ0n) is 10.0. The number of carbonyl (C=O) groups excluding carboxylic acids is 1. The number of aryl methyl sites for hydroxylation is 1. The number of rotatable bonds is 6. The Labute approximate surface area is 110 Å². The minimum Gasteiger partial charge on any atom is -0.356 e. The molecular formula is C13H15N3OS. The van der Waals surface area contributed by atoms with Crippen molar-refractivity contribution in [2.24, 2.45) is 0 Å². The molecule has 0 atom stereocenters. The Balaban J connectivity index is 1.63. The predicted molar refractivity (Wildman–Crippen MR) is 71.4 cm³/mol. The molecule has 0 aliphatic rings. The first-order valence-corrected chi connectivity index (χ1v) is 6.76. The largest absolute Gasteiger partial charge is 0.356 e. The van der Waals surface area contributed by atoms with E-state index < -0.39 is 0 Å². The molecule has 94 valence electrons. The number of amides is 1. The van der Waals surface area contributed by atoms with Crippen LogP contribution in [0, 0.1) is 0 Å². The summed E-state index contributed by atoms with van der Waals surface area (Å²) in [6, 6.07) is 3.87. The summed E-state index contributed by atoms with van der Waals surface area (Å²) in [5, 5.41) is 5.90. The molecule has 2 aromatic heterocycles. The summed E-state index contributed by atoms with van der Waals surface area (Å²) in [7, 11) is 0. The van der Waals surface area contributed by atoms with Crippen molar-refractivity contribution in [2.45, 2.75) is 19.3 Å². The predicted octanol–water partition coefficient (Wildman–Crippen LogP) is 1.83. The van der Waals surface area contributed by atoms with Gasteiger partial charge in [0.05, 0.1) is 5.01 Å². The van der Waals surface area contributed by atoms with Crippen molar-refractivity contribution in [2.75, 3.05) is 6.54 Å². The third-order valence-electron chi connectivity index (χ3n) is 2.51. The second-order valence-corrected chi connectivity index (χ2v) is 4.87. The quantitative estimate of drug-likeness (QED) is 0.863.